The average Bonchev–Trinajstić information content (AvgIpc) is 2.94. The first-order valence-corrected chi connectivity index (χ1v) is 7.02. The van der Waals surface area contributed by atoms with Gasteiger partial charge in [-0.15, -0.1) is 0 Å². The quantitative estimate of drug-likeness (QED) is 0.834. The van der Waals surface area contributed by atoms with Gasteiger partial charge in [-0.25, -0.2) is 0 Å². The molecule has 0 saturated carbocycles. The van der Waals surface area contributed by atoms with E-state index in [9.17, 15) is 4.79 Å². The average molecular weight is 274 g/mol. The third-order valence-electron chi connectivity index (χ3n) is 3.63. The van der Waals surface area contributed by atoms with Gasteiger partial charge in [-0.3, -0.25) is 4.79 Å². The molecule has 1 fully saturated rings. The van der Waals surface area contributed by atoms with E-state index >= 15 is 0 Å². The molecule has 1 heterocycles. The molecule has 4 heteroatoms. The zero-order valence-electron chi connectivity index (χ0n) is 12.1. The number of likely N-dealkylation sites (N-methyl/N-ethyl adjacent to an activating group) is 1. The zero-order chi connectivity index (χ0) is 14.4. The molecular formula is C16H22N2O2. The number of hydrogen-bond donors (Lipinski definition) is 1. The highest BCUT2D eigenvalue weighted by Crippen LogP contribution is 2.18. The topological polar surface area (TPSA) is 41.6 Å². The molecule has 1 aromatic carbocycles. The molecule has 0 spiro atoms. The van der Waals surface area contributed by atoms with E-state index in [0.717, 1.165) is 37.2 Å². The molecule has 0 aromatic heterocycles. The summed E-state index contributed by atoms with van der Waals surface area (Å²) in [6.07, 6.45) is 5.70. The van der Waals surface area contributed by atoms with Gasteiger partial charge in [0.25, 0.3) is 0 Å². The first-order chi connectivity index (χ1) is 9.74. The van der Waals surface area contributed by atoms with Crippen LogP contribution in [0.15, 0.2) is 30.3 Å². The van der Waals surface area contributed by atoms with Gasteiger partial charge >= 0.3 is 0 Å². The van der Waals surface area contributed by atoms with Crippen LogP contribution in [0.5, 0.6) is 5.75 Å². The Labute approximate surface area is 120 Å². The minimum absolute atomic E-state index is 0.0959. The fraction of sp³-hybridized carbons (Fsp3) is 0.438. The maximum atomic E-state index is 12.2. The van der Waals surface area contributed by atoms with Crippen LogP contribution in [-0.2, 0) is 4.79 Å². The second kappa shape index (κ2) is 7.10. The van der Waals surface area contributed by atoms with Gasteiger partial charge < -0.3 is 15.0 Å². The lowest BCUT2D eigenvalue weighted by Crippen LogP contribution is -2.39. The van der Waals surface area contributed by atoms with Gasteiger partial charge in [-0.05, 0) is 43.7 Å². The van der Waals surface area contributed by atoms with E-state index in [0.29, 0.717) is 6.04 Å². The van der Waals surface area contributed by atoms with Crippen LogP contribution >= 0.6 is 0 Å². The molecule has 1 aliphatic heterocycles. The van der Waals surface area contributed by atoms with E-state index in [4.69, 9.17) is 4.74 Å². The van der Waals surface area contributed by atoms with Gasteiger partial charge in [0.15, 0.2) is 0 Å². The summed E-state index contributed by atoms with van der Waals surface area (Å²) in [6.45, 7) is 1.72. The lowest BCUT2D eigenvalue weighted by atomic mass is 10.2. The molecule has 1 aromatic rings. The Morgan fingerprint density at radius 3 is 2.85 bits per heavy atom. The molecule has 1 saturated heterocycles. The van der Waals surface area contributed by atoms with E-state index in [-0.39, 0.29) is 5.91 Å². The van der Waals surface area contributed by atoms with E-state index in [1.165, 1.54) is 0 Å². The molecule has 1 amide bonds. The SMILES string of the molecule is CNCC1CCCN1C(=O)/C=C/c1ccc(OC)cc1. The summed E-state index contributed by atoms with van der Waals surface area (Å²) >= 11 is 0. The van der Waals surface area contributed by atoms with Crippen LogP contribution < -0.4 is 10.1 Å². The fourth-order valence-corrected chi connectivity index (χ4v) is 2.55. The second-order valence-corrected chi connectivity index (χ2v) is 4.99. The number of nitrogens with zero attached hydrogens (tertiary/aromatic N) is 1. The van der Waals surface area contributed by atoms with Crippen molar-refractivity contribution < 1.29 is 9.53 Å². The number of carbonyl (C=O) groups is 1. The van der Waals surface area contributed by atoms with Crippen molar-refractivity contribution in [3.8, 4) is 5.75 Å². The van der Waals surface area contributed by atoms with Crippen molar-refractivity contribution in [2.75, 3.05) is 27.2 Å². The molecule has 1 aliphatic rings. The Balaban J connectivity index is 1.97. The molecule has 4 nitrogen and oxygen atoms in total. The Morgan fingerprint density at radius 1 is 1.45 bits per heavy atom. The van der Waals surface area contributed by atoms with Crippen LogP contribution in [0, 0.1) is 0 Å². The van der Waals surface area contributed by atoms with Gasteiger partial charge in [0.2, 0.25) is 5.91 Å². The Kier molecular flexibility index (Phi) is 5.18. The third-order valence-corrected chi connectivity index (χ3v) is 3.63. The van der Waals surface area contributed by atoms with E-state index in [2.05, 4.69) is 5.32 Å². The Morgan fingerprint density at radius 2 is 2.20 bits per heavy atom. The molecule has 0 radical (unpaired) electrons. The van der Waals surface area contributed by atoms with Crippen molar-refractivity contribution in [1.82, 2.24) is 10.2 Å². The van der Waals surface area contributed by atoms with Crippen LogP contribution in [0.4, 0.5) is 0 Å². The largest absolute Gasteiger partial charge is 0.497 e. The molecule has 0 bridgehead atoms. The summed E-state index contributed by atoms with van der Waals surface area (Å²) in [5.41, 5.74) is 1.00. The normalized spacial score (nSPS) is 18.7. The van der Waals surface area contributed by atoms with Crippen LogP contribution in [0.1, 0.15) is 18.4 Å². The highest BCUT2D eigenvalue weighted by molar-refractivity contribution is 5.92. The number of likely N-dealkylation sites (tertiary alicyclic amines) is 1. The summed E-state index contributed by atoms with van der Waals surface area (Å²) in [6, 6.07) is 8.00. The van der Waals surface area contributed by atoms with E-state index in [1.54, 1.807) is 13.2 Å². The van der Waals surface area contributed by atoms with E-state index in [1.807, 2.05) is 42.3 Å². The summed E-state index contributed by atoms with van der Waals surface area (Å²) in [4.78, 5) is 14.2. The first kappa shape index (κ1) is 14.6. The Hall–Kier alpha value is -1.81. The highest BCUT2D eigenvalue weighted by Gasteiger charge is 2.26. The number of rotatable bonds is 5. The van der Waals surface area contributed by atoms with E-state index < -0.39 is 0 Å². The lowest BCUT2D eigenvalue weighted by molar-refractivity contribution is -0.126. The van der Waals surface area contributed by atoms with Crippen LogP contribution in [0.2, 0.25) is 0 Å². The van der Waals surface area contributed by atoms with Gasteiger partial charge in [0, 0.05) is 25.2 Å². The minimum atomic E-state index is 0.0959. The Bertz CT molecular complexity index is 468. The number of methoxy groups -OCH3 is 1. The molecule has 2 rings (SSSR count). The predicted molar refractivity (Wildman–Crippen MR) is 80.7 cm³/mol. The van der Waals surface area contributed by atoms with Gasteiger partial charge in [0.05, 0.1) is 7.11 Å². The van der Waals surface area contributed by atoms with Crippen molar-refractivity contribution in [2.24, 2.45) is 0 Å². The third kappa shape index (κ3) is 3.61. The number of carbonyl (C=O) groups excluding carboxylic acids is 1. The standard InChI is InChI=1S/C16H22N2O2/c1-17-12-14-4-3-11-18(14)16(19)10-7-13-5-8-15(20-2)9-6-13/h5-10,14,17H,3-4,11-12H2,1-2H3/b10-7+. The number of nitrogens with one attached hydrogen (secondary N) is 1. The predicted octanol–water partition coefficient (Wildman–Crippen LogP) is 1.92. The van der Waals surface area contributed by atoms with Crippen molar-refractivity contribution in [1.29, 1.82) is 0 Å². The maximum absolute atomic E-state index is 12.2. The molecule has 1 N–H and O–H groups in total. The number of hydrogen-bond acceptors (Lipinski definition) is 3. The molecular weight excluding hydrogens is 252 g/mol. The number of ether oxygens (including phenoxy) is 1. The monoisotopic (exact) mass is 274 g/mol. The highest BCUT2D eigenvalue weighted by atomic mass is 16.5. The summed E-state index contributed by atoms with van der Waals surface area (Å²) in [5.74, 6) is 0.917. The fourth-order valence-electron chi connectivity index (χ4n) is 2.55. The number of benzene rings is 1. The summed E-state index contributed by atoms with van der Waals surface area (Å²) in [5, 5.41) is 3.15. The second-order valence-electron chi connectivity index (χ2n) is 4.99. The van der Waals surface area contributed by atoms with Crippen LogP contribution in [-0.4, -0.2) is 44.1 Å². The summed E-state index contributed by atoms with van der Waals surface area (Å²) in [7, 11) is 3.57. The van der Waals surface area contributed by atoms with Crippen LogP contribution in [0.25, 0.3) is 6.08 Å². The smallest absolute Gasteiger partial charge is 0.246 e. The van der Waals surface area contributed by atoms with Crippen LogP contribution in [0.3, 0.4) is 0 Å². The summed E-state index contributed by atoms with van der Waals surface area (Å²) < 4.78 is 5.11. The van der Waals surface area contributed by atoms with Crippen molar-refractivity contribution in [3.63, 3.8) is 0 Å². The minimum Gasteiger partial charge on any atom is -0.497 e. The lowest BCUT2D eigenvalue weighted by Gasteiger charge is -2.23. The maximum Gasteiger partial charge on any atom is 0.246 e. The van der Waals surface area contributed by atoms with Gasteiger partial charge in [0.1, 0.15) is 5.75 Å². The van der Waals surface area contributed by atoms with Gasteiger partial charge in [-0.2, -0.15) is 0 Å². The van der Waals surface area contributed by atoms with Crippen molar-refractivity contribution >= 4 is 12.0 Å². The van der Waals surface area contributed by atoms with Crippen molar-refractivity contribution in [2.45, 2.75) is 18.9 Å². The molecule has 20 heavy (non-hydrogen) atoms. The molecule has 108 valence electrons. The van der Waals surface area contributed by atoms with Crippen molar-refractivity contribution in [3.05, 3.63) is 35.9 Å². The number of amides is 1. The molecule has 1 atom stereocenters. The molecule has 0 aliphatic carbocycles. The first-order valence-electron chi connectivity index (χ1n) is 7.02. The zero-order valence-corrected chi connectivity index (χ0v) is 12.1. The molecule has 1 unspecified atom stereocenters. The van der Waals surface area contributed by atoms with Gasteiger partial charge in [-0.1, -0.05) is 12.1 Å².